The topological polar surface area (TPSA) is 38.3 Å². The smallest absolute Gasteiger partial charge is 0.261 e. The number of carbonyl (C=O) groups excluding carboxylic acids is 1. The number of hydrogen-bond donors (Lipinski definition) is 1. The number of nitrogens with one attached hydrogen (secondary N) is 1. The second-order valence-electron chi connectivity index (χ2n) is 6.60. The van der Waals surface area contributed by atoms with E-state index >= 15 is 0 Å². The first-order valence-corrected chi connectivity index (χ1v) is 10.5. The van der Waals surface area contributed by atoms with E-state index in [2.05, 4.69) is 12.2 Å². The Bertz CT molecular complexity index is 646. The van der Waals surface area contributed by atoms with Crippen molar-refractivity contribution in [2.45, 2.75) is 70.4 Å². The molecular formula is C22H30Cl2FNO2. The van der Waals surface area contributed by atoms with E-state index in [-0.39, 0.29) is 23.1 Å². The van der Waals surface area contributed by atoms with Crippen molar-refractivity contribution < 1.29 is 13.9 Å². The van der Waals surface area contributed by atoms with E-state index in [9.17, 15) is 9.18 Å². The average Bonchev–Trinajstić information content (AvgIpc) is 2.66. The third-order valence-electron chi connectivity index (χ3n) is 4.25. The van der Waals surface area contributed by atoms with Crippen LogP contribution in [-0.2, 0) is 9.53 Å². The fraction of sp³-hybridized carbons (Fsp3) is 0.500. The van der Waals surface area contributed by atoms with Crippen molar-refractivity contribution in [1.29, 1.82) is 0 Å². The summed E-state index contributed by atoms with van der Waals surface area (Å²) in [6, 6.07) is 6.04. The number of allylic oxidation sites excluding steroid dienone is 3. The van der Waals surface area contributed by atoms with Gasteiger partial charge < -0.3 is 10.1 Å². The summed E-state index contributed by atoms with van der Waals surface area (Å²) in [7, 11) is 0. The van der Waals surface area contributed by atoms with Crippen molar-refractivity contribution in [1.82, 2.24) is 5.32 Å². The summed E-state index contributed by atoms with van der Waals surface area (Å²) in [5, 5.41) is 3.26. The minimum absolute atomic E-state index is 0.188. The van der Waals surface area contributed by atoms with Crippen LogP contribution in [0.3, 0.4) is 0 Å². The highest BCUT2D eigenvalue weighted by atomic mass is 35.5. The lowest BCUT2D eigenvalue weighted by Gasteiger charge is -2.22. The average molecular weight is 430 g/mol. The van der Waals surface area contributed by atoms with E-state index < -0.39 is 6.10 Å². The Balaban J connectivity index is 2.76. The van der Waals surface area contributed by atoms with Crippen LogP contribution < -0.4 is 5.32 Å². The second kappa shape index (κ2) is 13.6. The van der Waals surface area contributed by atoms with Crippen LogP contribution in [0.15, 0.2) is 47.7 Å². The molecule has 3 nitrogen and oxygen atoms in total. The molecule has 0 saturated carbocycles. The van der Waals surface area contributed by atoms with Gasteiger partial charge in [0.25, 0.3) is 5.91 Å². The predicted octanol–water partition coefficient (Wildman–Crippen LogP) is 6.62. The monoisotopic (exact) mass is 429 g/mol. The molecule has 0 bridgehead atoms. The van der Waals surface area contributed by atoms with Gasteiger partial charge in [-0.3, -0.25) is 4.79 Å². The van der Waals surface area contributed by atoms with Crippen LogP contribution in [0.2, 0.25) is 0 Å². The van der Waals surface area contributed by atoms with Crippen molar-refractivity contribution in [3.63, 3.8) is 0 Å². The molecule has 6 heteroatoms. The molecule has 0 radical (unpaired) electrons. The molecule has 3 atom stereocenters. The van der Waals surface area contributed by atoms with Crippen molar-refractivity contribution in [3.05, 3.63) is 59.1 Å². The first-order chi connectivity index (χ1) is 13.4. The number of amides is 1. The van der Waals surface area contributed by atoms with Crippen LogP contribution in [0, 0.1) is 5.82 Å². The number of unbranched alkanes of at least 4 members (excludes halogenated alkanes) is 1. The van der Waals surface area contributed by atoms with Gasteiger partial charge in [0.15, 0.2) is 6.10 Å². The zero-order valence-corrected chi connectivity index (χ0v) is 18.3. The Hall–Kier alpha value is -1.52. The van der Waals surface area contributed by atoms with E-state index in [4.69, 9.17) is 27.9 Å². The molecule has 0 aliphatic rings. The lowest BCUT2D eigenvalue weighted by Crippen LogP contribution is -2.37. The first-order valence-electron chi connectivity index (χ1n) is 9.73. The number of carbonyl (C=O) groups is 1. The molecule has 0 spiro atoms. The third-order valence-corrected chi connectivity index (χ3v) is 4.79. The molecule has 28 heavy (non-hydrogen) atoms. The van der Waals surface area contributed by atoms with Crippen LogP contribution in [0.1, 0.15) is 64.5 Å². The van der Waals surface area contributed by atoms with E-state index in [1.54, 1.807) is 12.1 Å². The van der Waals surface area contributed by atoms with Crippen LogP contribution >= 0.6 is 23.2 Å². The SMILES string of the molecule is C/C=C\C(Cl)C/C(Cl)=C/OC(CC)C(=O)NC(CCCC)c1ccc(F)cc1. The van der Waals surface area contributed by atoms with Gasteiger partial charge in [0.2, 0.25) is 0 Å². The molecule has 3 unspecified atom stereocenters. The predicted molar refractivity (Wildman–Crippen MR) is 115 cm³/mol. The summed E-state index contributed by atoms with van der Waals surface area (Å²) in [5.74, 6) is -0.515. The normalized spacial score (nSPS) is 15.3. The number of alkyl halides is 1. The Morgan fingerprint density at radius 3 is 2.54 bits per heavy atom. The molecule has 0 heterocycles. The molecular weight excluding hydrogens is 400 g/mol. The molecule has 1 amide bonds. The van der Waals surface area contributed by atoms with Gasteiger partial charge in [-0.2, -0.15) is 0 Å². The van der Waals surface area contributed by atoms with Crippen molar-refractivity contribution in [2.24, 2.45) is 0 Å². The summed E-state index contributed by atoms with van der Waals surface area (Å²) >= 11 is 12.3. The highest BCUT2D eigenvalue weighted by Crippen LogP contribution is 2.21. The fourth-order valence-corrected chi connectivity index (χ4v) is 3.31. The van der Waals surface area contributed by atoms with Gasteiger partial charge in [-0.25, -0.2) is 4.39 Å². The molecule has 0 aliphatic carbocycles. The number of hydrogen-bond acceptors (Lipinski definition) is 2. The number of rotatable bonds is 12. The van der Waals surface area contributed by atoms with Crippen LogP contribution in [-0.4, -0.2) is 17.4 Å². The van der Waals surface area contributed by atoms with Gasteiger partial charge in [-0.15, -0.1) is 11.6 Å². The maximum absolute atomic E-state index is 13.2. The summed E-state index contributed by atoms with van der Waals surface area (Å²) in [6.07, 6.45) is 8.09. The highest BCUT2D eigenvalue weighted by Gasteiger charge is 2.22. The summed E-state index contributed by atoms with van der Waals surface area (Å²) in [6.45, 7) is 5.85. The van der Waals surface area contributed by atoms with Gasteiger partial charge in [-0.1, -0.05) is 62.6 Å². The van der Waals surface area contributed by atoms with Crippen LogP contribution in [0.5, 0.6) is 0 Å². The van der Waals surface area contributed by atoms with Crippen LogP contribution in [0.25, 0.3) is 0 Å². The summed E-state index contributed by atoms with van der Waals surface area (Å²) in [4.78, 5) is 12.7. The van der Waals surface area contributed by atoms with E-state index in [0.717, 1.165) is 24.8 Å². The Kier molecular flexibility index (Phi) is 11.9. The molecule has 156 valence electrons. The zero-order chi connectivity index (χ0) is 20.9. The van der Waals surface area contributed by atoms with Gasteiger partial charge in [0.05, 0.1) is 22.7 Å². The molecule has 0 aliphatic heterocycles. The number of halogens is 3. The molecule has 1 aromatic carbocycles. The van der Waals surface area contributed by atoms with Gasteiger partial charge >= 0.3 is 0 Å². The molecule has 1 N–H and O–H groups in total. The third kappa shape index (κ3) is 9.11. The van der Waals surface area contributed by atoms with Crippen molar-refractivity contribution >= 4 is 29.1 Å². The summed E-state index contributed by atoms with van der Waals surface area (Å²) in [5.41, 5.74) is 0.878. The Labute approximate surface area is 177 Å². The Morgan fingerprint density at radius 2 is 1.96 bits per heavy atom. The zero-order valence-electron chi connectivity index (χ0n) is 16.8. The highest BCUT2D eigenvalue weighted by molar-refractivity contribution is 6.30. The lowest BCUT2D eigenvalue weighted by atomic mass is 10.0. The maximum Gasteiger partial charge on any atom is 0.261 e. The molecule has 1 rings (SSSR count). The lowest BCUT2D eigenvalue weighted by molar-refractivity contribution is -0.130. The second-order valence-corrected chi connectivity index (χ2v) is 7.64. The molecule has 0 aromatic heterocycles. The van der Waals surface area contributed by atoms with E-state index in [1.807, 2.05) is 26.0 Å². The summed E-state index contributed by atoms with van der Waals surface area (Å²) < 4.78 is 18.8. The van der Waals surface area contributed by atoms with Crippen LogP contribution in [0.4, 0.5) is 4.39 Å². The van der Waals surface area contributed by atoms with Gasteiger partial charge in [0.1, 0.15) is 5.82 Å². The van der Waals surface area contributed by atoms with Gasteiger partial charge in [-0.05, 0) is 37.5 Å². The minimum atomic E-state index is -0.659. The fourth-order valence-electron chi connectivity index (χ4n) is 2.70. The Morgan fingerprint density at radius 1 is 1.29 bits per heavy atom. The number of benzene rings is 1. The molecule has 0 fully saturated rings. The first kappa shape index (κ1) is 24.5. The number of ether oxygens (including phenoxy) is 1. The van der Waals surface area contributed by atoms with Crippen molar-refractivity contribution in [3.8, 4) is 0 Å². The quantitative estimate of drug-likeness (QED) is 0.230. The largest absolute Gasteiger partial charge is 0.487 e. The minimum Gasteiger partial charge on any atom is -0.487 e. The van der Waals surface area contributed by atoms with Gasteiger partial charge in [0, 0.05) is 6.42 Å². The standard InChI is InChI=1S/C22H30Cl2FNO2/c1-4-7-9-20(16-10-12-19(25)13-11-16)26-22(27)21(6-3)28-15-18(24)14-17(23)8-5-2/h5,8,10-13,15,17,20-21H,4,6-7,9,14H2,1-3H3,(H,26,27)/b8-5-,18-15-. The van der Waals surface area contributed by atoms with E-state index in [0.29, 0.717) is 17.9 Å². The maximum atomic E-state index is 13.2. The molecule has 1 aromatic rings. The van der Waals surface area contributed by atoms with Crippen molar-refractivity contribution in [2.75, 3.05) is 0 Å². The van der Waals surface area contributed by atoms with E-state index in [1.165, 1.54) is 18.4 Å². The molecule has 0 saturated heterocycles.